The monoisotopic (exact) mass is 462 g/mol. The molecule has 0 aliphatic rings. The minimum atomic E-state index is 0.329. The van der Waals surface area contributed by atoms with Crippen molar-refractivity contribution in [1.29, 1.82) is 0 Å². The van der Waals surface area contributed by atoms with Crippen molar-refractivity contribution in [1.82, 2.24) is 30.5 Å². The van der Waals surface area contributed by atoms with E-state index in [0.717, 1.165) is 35.2 Å². The predicted octanol–water partition coefficient (Wildman–Crippen LogP) is 6.95. The van der Waals surface area contributed by atoms with Crippen LogP contribution >= 0.6 is 0 Å². The van der Waals surface area contributed by atoms with Crippen molar-refractivity contribution in [2.75, 3.05) is 0 Å². The Morgan fingerprint density at radius 1 is 0.424 bits per heavy atom. The first-order chi connectivity index (χ1) is 15.3. The molecule has 0 fully saturated rings. The molecule has 0 N–H and O–H groups in total. The molecule has 186 valence electrons. The lowest BCUT2D eigenvalue weighted by atomic mass is 10.2. The van der Waals surface area contributed by atoms with Gasteiger partial charge in [-0.2, -0.15) is 9.97 Å². The van der Waals surface area contributed by atoms with Crippen molar-refractivity contribution in [3.63, 3.8) is 0 Å². The third-order valence-electron chi connectivity index (χ3n) is 4.38. The Kier molecular flexibility index (Phi) is 11.4. The highest BCUT2D eigenvalue weighted by Gasteiger charge is 2.13. The first-order valence-corrected chi connectivity index (χ1v) is 11.8. The summed E-state index contributed by atoms with van der Waals surface area (Å²) >= 11 is 0. The van der Waals surface area contributed by atoms with Crippen LogP contribution < -0.4 is 0 Å². The summed E-state index contributed by atoms with van der Waals surface area (Å²) in [4.78, 5) is 8.46. The maximum atomic E-state index is 5.38. The zero-order chi connectivity index (χ0) is 25.3. The standard InChI is InChI=1S/3C8H14N2O/c1-5(2)7-9-10-8(11-7)6(3)4;2*1-5(2)7-9-8(6(3)4)11-10-7/h3*5-6H,1-4H3. The molecule has 9 nitrogen and oxygen atoms in total. The van der Waals surface area contributed by atoms with Gasteiger partial charge in [0.25, 0.3) is 0 Å². The highest BCUT2D eigenvalue weighted by Crippen LogP contribution is 2.18. The SMILES string of the molecule is CC(C)c1nnc(C(C)C)o1.CC(C)c1noc(C(C)C)n1.CC(C)c1noc(C(C)C)n1. The van der Waals surface area contributed by atoms with Gasteiger partial charge in [0.1, 0.15) is 0 Å². The van der Waals surface area contributed by atoms with Crippen LogP contribution in [0.4, 0.5) is 0 Å². The second kappa shape index (κ2) is 13.2. The maximum Gasteiger partial charge on any atom is 0.229 e. The fourth-order valence-corrected chi connectivity index (χ4v) is 2.15. The summed E-state index contributed by atoms with van der Waals surface area (Å²) in [6.45, 7) is 24.5. The normalized spacial score (nSPS) is 11.5. The molecule has 3 aromatic heterocycles. The van der Waals surface area contributed by atoms with Crippen molar-refractivity contribution < 1.29 is 13.5 Å². The lowest BCUT2D eigenvalue weighted by Gasteiger charge is -1.96. The Bertz CT molecular complexity index is 735. The largest absolute Gasteiger partial charge is 0.425 e. The van der Waals surface area contributed by atoms with Crippen molar-refractivity contribution in [2.45, 2.75) is 119 Å². The molecule has 0 amide bonds. The smallest absolute Gasteiger partial charge is 0.229 e. The van der Waals surface area contributed by atoms with E-state index in [1.165, 1.54) is 0 Å². The number of hydrogen-bond acceptors (Lipinski definition) is 9. The molecule has 0 radical (unpaired) electrons. The molecule has 3 aromatic rings. The summed E-state index contributed by atoms with van der Waals surface area (Å²) in [5.74, 6) is 6.54. The number of rotatable bonds is 6. The van der Waals surface area contributed by atoms with Crippen molar-refractivity contribution >= 4 is 0 Å². The Morgan fingerprint density at radius 2 is 0.727 bits per heavy atom. The molecule has 0 aliphatic carbocycles. The van der Waals surface area contributed by atoms with Crippen LogP contribution in [-0.2, 0) is 0 Å². The molecule has 0 spiro atoms. The lowest BCUT2D eigenvalue weighted by molar-refractivity contribution is 0.359. The van der Waals surface area contributed by atoms with E-state index in [2.05, 4.69) is 58.2 Å². The van der Waals surface area contributed by atoms with E-state index >= 15 is 0 Å². The van der Waals surface area contributed by atoms with Gasteiger partial charge in [0, 0.05) is 35.5 Å². The van der Waals surface area contributed by atoms with Gasteiger partial charge >= 0.3 is 0 Å². The lowest BCUT2D eigenvalue weighted by Crippen LogP contribution is -1.91. The molecular formula is C24H42N6O3. The molecule has 33 heavy (non-hydrogen) atoms. The van der Waals surface area contributed by atoms with Crippen molar-refractivity contribution in [2.24, 2.45) is 0 Å². The van der Waals surface area contributed by atoms with Crippen LogP contribution in [0.5, 0.6) is 0 Å². The highest BCUT2D eigenvalue weighted by molar-refractivity contribution is 4.95. The second-order valence-corrected chi connectivity index (χ2v) is 9.89. The summed E-state index contributed by atoms with van der Waals surface area (Å²) in [5, 5.41) is 15.5. The van der Waals surface area contributed by atoms with Gasteiger partial charge in [0.2, 0.25) is 23.6 Å². The fourth-order valence-electron chi connectivity index (χ4n) is 2.15. The first-order valence-electron chi connectivity index (χ1n) is 11.8. The maximum absolute atomic E-state index is 5.38. The summed E-state index contributed by atoms with van der Waals surface area (Å²) in [6.07, 6.45) is 0. The van der Waals surface area contributed by atoms with Gasteiger partial charge < -0.3 is 13.5 Å². The van der Waals surface area contributed by atoms with Gasteiger partial charge in [-0.15, -0.1) is 10.2 Å². The summed E-state index contributed by atoms with van der Waals surface area (Å²) in [7, 11) is 0. The molecular weight excluding hydrogens is 420 g/mol. The zero-order valence-electron chi connectivity index (χ0n) is 22.4. The van der Waals surface area contributed by atoms with E-state index in [1.54, 1.807) is 0 Å². The Hall–Kier alpha value is -2.58. The van der Waals surface area contributed by atoms with Crippen LogP contribution in [0, 0.1) is 0 Å². The van der Waals surface area contributed by atoms with Gasteiger partial charge in [-0.1, -0.05) is 93.4 Å². The van der Waals surface area contributed by atoms with Crippen LogP contribution in [-0.4, -0.2) is 30.5 Å². The van der Waals surface area contributed by atoms with E-state index < -0.39 is 0 Å². The van der Waals surface area contributed by atoms with Gasteiger partial charge in [-0.3, -0.25) is 0 Å². The topological polar surface area (TPSA) is 117 Å². The summed E-state index contributed by atoms with van der Waals surface area (Å²) in [5.41, 5.74) is 0. The van der Waals surface area contributed by atoms with Crippen LogP contribution in [0.25, 0.3) is 0 Å². The quantitative estimate of drug-likeness (QED) is 0.383. The van der Waals surface area contributed by atoms with Crippen LogP contribution in [0.3, 0.4) is 0 Å². The Morgan fingerprint density at radius 3 is 0.879 bits per heavy atom. The molecule has 3 rings (SSSR count). The van der Waals surface area contributed by atoms with Gasteiger partial charge in [-0.25, -0.2) is 0 Å². The molecule has 0 saturated carbocycles. The average molecular weight is 463 g/mol. The van der Waals surface area contributed by atoms with Crippen molar-refractivity contribution in [3.05, 3.63) is 35.2 Å². The van der Waals surface area contributed by atoms with Gasteiger partial charge in [-0.05, 0) is 0 Å². The summed E-state index contributed by atoms with van der Waals surface area (Å²) in [6, 6.07) is 0. The molecule has 0 saturated heterocycles. The van der Waals surface area contributed by atoms with Crippen LogP contribution in [0.15, 0.2) is 13.5 Å². The van der Waals surface area contributed by atoms with Crippen LogP contribution in [0.1, 0.15) is 154 Å². The average Bonchev–Trinajstić information content (AvgIpc) is 3.49. The first kappa shape index (κ1) is 28.5. The number of nitrogens with zero attached hydrogens (tertiary/aromatic N) is 6. The third kappa shape index (κ3) is 9.43. The van der Waals surface area contributed by atoms with Gasteiger partial charge in [0.15, 0.2) is 11.6 Å². The van der Waals surface area contributed by atoms with Crippen molar-refractivity contribution in [3.8, 4) is 0 Å². The minimum Gasteiger partial charge on any atom is -0.425 e. The molecule has 3 heterocycles. The molecule has 0 unspecified atom stereocenters. The van der Waals surface area contributed by atoms with E-state index in [9.17, 15) is 0 Å². The van der Waals surface area contributed by atoms with E-state index in [-0.39, 0.29) is 0 Å². The van der Waals surface area contributed by atoms with E-state index in [1.807, 2.05) is 55.4 Å². The third-order valence-corrected chi connectivity index (χ3v) is 4.38. The molecule has 0 aliphatic heterocycles. The van der Waals surface area contributed by atoms with E-state index in [4.69, 9.17) is 13.5 Å². The predicted molar refractivity (Wildman–Crippen MR) is 127 cm³/mol. The molecule has 0 bridgehead atoms. The van der Waals surface area contributed by atoms with Gasteiger partial charge in [0.05, 0.1) is 0 Å². The van der Waals surface area contributed by atoms with E-state index in [0.29, 0.717) is 35.5 Å². The molecule has 0 aromatic carbocycles. The Balaban J connectivity index is 0.000000247. The van der Waals surface area contributed by atoms with Crippen LogP contribution in [0.2, 0.25) is 0 Å². The zero-order valence-corrected chi connectivity index (χ0v) is 22.4. The number of hydrogen-bond donors (Lipinski definition) is 0. The number of aromatic nitrogens is 6. The molecule has 0 atom stereocenters. The Labute approximate surface area is 198 Å². The highest BCUT2D eigenvalue weighted by atomic mass is 16.5. The fraction of sp³-hybridized carbons (Fsp3) is 0.750. The minimum absolute atomic E-state index is 0.329. The molecule has 9 heteroatoms. The second-order valence-electron chi connectivity index (χ2n) is 9.89. The summed E-state index contributed by atoms with van der Waals surface area (Å²) < 4.78 is 15.4.